The van der Waals surface area contributed by atoms with Gasteiger partial charge >= 0.3 is 0 Å². The van der Waals surface area contributed by atoms with Crippen molar-refractivity contribution >= 4 is 0 Å². The van der Waals surface area contributed by atoms with E-state index < -0.39 is 0 Å². The molecule has 5 heteroatoms. The summed E-state index contributed by atoms with van der Waals surface area (Å²) in [5, 5.41) is 3.26. The Morgan fingerprint density at radius 1 is 1.44 bits per heavy atom. The summed E-state index contributed by atoms with van der Waals surface area (Å²) >= 11 is 0. The maximum absolute atomic E-state index is 5.08. The van der Waals surface area contributed by atoms with Crippen LogP contribution < -0.4 is 5.32 Å². The fourth-order valence-electron chi connectivity index (χ4n) is 1.52. The van der Waals surface area contributed by atoms with Gasteiger partial charge in [-0.25, -0.2) is 4.98 Å². The summed E-state index contributed by atoms with van der Waals surface area (Å²) in [5.74, 6) is 1.05. The van der Waals surface area contributed by atoms with Gasteiger partial charge in [0.25, 0.3) is 0 Å². The third-order valence-electron chi connectivity index (χ3n) is 2.39. The zero-order chi connectivity index (χ0) is 11.8. The molecule has 0 saturated heterocycles. The van der Waals surface area contributed by atoms with Crippen molar-refractivity contribution < 1.29 is 9.47 Å². The third kappa shape index (κ3) is 3.92. The number of imidazole rings is 1. The van der Waals surface area contributed by atoms with Crippen molar-refractivity contribution in [3.63, 3.8) is 0 Å². The summed E-state index contributed by atoms with van der Waals surface area (Å²) in [6.07, 6.45) is 4.75. The van der Waals surface area contributed by atoms with Gasteiger partial charge in [0, 0.05) is 39.7 Å². The molecule has 5 nitrogen and oxygen atoms in total. The van der Waals surface area contributed by atoms with Gasteiger partial charge in [-0.3, -0.25) is 0 Å². The Kier molecular flexibility index (Phi) is 6.07. The molecule has 1 N–H and O–H groups in total. The van der Waals surface area contributed by atoms with E-state index in [1.807, 2.05) is 12.4 Å². The maximum atomic E-state index is 5.08. The number of rotatable bonds is 8. The van der Waals surface area contributed by atoms with E-state index in [0.29, 0.717) is 6.54 Å². The molecule has 1 heterocycles. The van der Waals surface area contributed by atoms with E-state index >= 15 is 0 Å². The van der Waals surface area contributed by atoms with Gasteiger partial charge in [0.05, 0.1) is 6.54 Å². The van der Waals surface area contributed by atoms with Gasteiger partial charge in [-0.2, -0.15) is 0 Å². The van der Waals surface area contributed by atoms with Gasteiger partial charge in [0.2, 0.25) is 0 Å². The molecule has 0 aliphatic rings. The Hall–Kier alpha value is -0.910. The van der Waals surface area contributed by atoms with E-state index in [-0.39, 0.29) is 6.29 Å². The summed E-state index contributed by atoms with van der Waals surface area (Å²) in [5.41, 5.74) is 0. The van der Waals surface area contributed by atoms with E-state index in [2.05, 4.69) is 21.8 Å². The van der Waals surface area contributed by atoms with Gasteiger partial charge in [0.1, 0.15) is 5.82 Å². The highest BCUT2D eigenvalue weighted by Crippen LogP contribution is 1.99. The summed E-state index contributed by atoms with van der Waals surface area (Å²) in [4.78, 5) is 4.30. The van der Waals surface area contributed by atoms with Gasteiger partial charge < -0.3 is 19.4 Å². The van der Waals surface area contributed by atoms with Crippen molar-refractivity contribution in [2.24, 2.45) is 0 Å². The molecule has 0 aliphatic heterocycles. The average molecular weight is 227 g/mol. The first-order valence-electron chi connectivity index (χ1n) is 5.58. The molecule has 0 radical (unpaired) electrons. The van der Waals surface area contributed by atoms with Gasteiger partial charge in [0.15, 0.2) is 6.29 Å². The van der Waals surface area contributed by atoms with Crippen LogP contribution >= 0.6 is 0 Å². The van der Waals surface area contributed by atoms with Crippen molar-refractivity contribution in [2.45, 2.75) is 32.7 Å². The predicted octanol–water partition coefficient (Wildman–Crippen LogP) is 1.00. The van der Waals surface area contributed by atoms with Crippen LogP contribution in [-0.4, -0.2) is 36.6 Å². The average Bonchev–Trinajstić information content (AvgIpc) is 2.73. The monoisotopic (exact) mass is 227 g/mol. The normalized spacial score (nSPS) is 11.2. The summed E-state index contributed by atoms with van der Waals surface area (Å²) in [7, 11) is 3.27. The number of aryl methyl sites for hydroxylation is 1. The highest BCUT2D eigenvalue weighted by atomic mass is 16.7. The molecule has 1 aromatic heterocycles. The molecule has 0 bridgehead atoms. The molecule has 0 spiro atoms. The molecule has 16 heavy (non-hydrogen) atoms. The molecule has 0 saturated carbocycles. The molecule has 0 amide bonds. The fourth-order valence-corrected chi connectivity index (χ4v) is 1.52. The number of ether oxygens (including phenoxy) is 2. The van der Waals surface area contributed by atoms with Crippen molar-refractivity contribution in [1.82, 2.24) is 14.9 Å². The number of hydrogen-bond donors (Lipinski definition) is 1. The lowest BCUT2D eigenvalue weighted by atomic mass is 10.4. The van der Waals surface area contributed by atoms with Gasteiger partial charge in [-0.05, 0) is 6.42 Å². The third-order valence-corrected chi connectivity index (χ3v) is 2.39. The first-order chi connectivity index (χ1) is 7.81. The van der Waals surface area contributed by atoms with E-state index in [1.165, 1.54) is 0 Å². The van der Waals surface area contributed by atoms with Crippen LogP contribution in [0.4, 0.5) is 0 Å². The Labute approximate surface area is 96.8 Å². The van der Waals surface area contributed by atoms with Crippen LogP contribution in [0.3, 0.4) is 0 Å². The topological polar surface area (TPSA) is 48.3 Å². The molecule has 1 rings (SSSR count). The number of methoxy groups -OCH3 is 2. The lowest BCUT2D eigenvalue weighted by Gasteiger charge is -2.14. The Balaban J connectivity index is 2.33. The molecule has 1 aromatic rings. The molecule has 0 unspecified atom stereocenters. The summed E-state index contributed by atoms with van der Waals surface area (Å²) in [6, 6.07) is 0. The smallest absolute Gasteiger partial charge is 0.169 e. The molecular formula is C11H21N3O2. The summed E-state index contributed by atoms with van der Waals surface area (Å²) < 4.78 is 12.3. The second-order valence-corrected chi connectivity index (χ2v) is 3.57. The van der Waals surface area contributed by atoms with Gasteiger partial charge in [-0.1, -0.05) is 6.92 Å². The predicted molar refractivity (Wildman–Crippen MR) is 62.0 cm³/mol. The van der Waals surface area contributed by atoms with Gasteiger partial charge in [-0.15, -0.1) is 0 Å². The molecule has 92 valence electrons. The van der Waals surface area contributed by atoms with Crippen molar-refractivity contribution in [3.8, 4) is 0 Å². The Morgan fingerprint density at radius 3 is 2.81 bits per heavy atom. The first-order valence-corrected chi connectivity index (χ1v) is 5.58. The van der Waals surface area contributed by atoms with Crippen LogP contribution in [-0.2, 0) is 22.6 Å². The second-order valence-electron chi connectivity index (χ2n) is 3.57. The minimum Gasteiger partial charge on any atom is -0.355 e. The quantitative estimate of drug-likeness (QED) is 0.673. The van der Waals surface area contributed by atoms with Crippen LogP contribution in [0.1, 0.15) is 19.2 Å². The number of hydrogen-bond acceptors (Lipinski definition) is 4. The molecule has 0 aliphatic carbocycles. The van der Waals surface area contributed by atoms with Crippen molar-refractivity contribution in [1.29, 1.82) is 0 Å². The lowest BCUT2D eigenvalue weighted by Crippen LogP contribution is -2.30. The molecular weight excluding hydrogens is 206 g/mol. The molecule has 0 aromatic carbocycles. The first kappa shape index (κ1) is 13.2. The van der Waals surface area contributed by atoms with Crippen LogP contribution in [0.5, 0.6) is 0 Å². The number of nitrogens with zero attached hydrogens (tertiary/aromatic N) is 2. The van der Waals surface area contributed by atoms with Crippen LogP contribution in [0.15, 0.2) is 12.4 Å². The van der Waals surface area contributed by atoms with E-state index in [9.17, 15) is 0 Å². The standard InChI is InChI=1S/C11H21N3O2/c1-4-6-14-7-5-13-10(14)8-12-9-11(15-2)16-3/h5,7,11-12H,4,6,8-9H2,1-3H3. The summed E-state index contributed by atoms with van der Waals surface area (Å²) in [6.45, 7) is 4.56. The SMILES string of the molecule is CCCn1ccnc1CNCC(OC)OC. The van der Waals surface area contributed by atoms with E-state index in [4.69, 9.17) is 9.47 Å². The van der Waals surface area contributed by atoms with Crippen molar-refractivity contribution in [3.05, 3.63) is 18.2 Å². The van der Waals surface area contributed by atoms with E-state index in [1.54, 1.807) is 14.2 Å². The lowest BCUT2D eigenvalue weighted by molar-refractivity contribution is -0.0989. The molecule has 0 atom stereocenters. The van der Waals surface area contributed by atoms with Crippen LogP contribution in [0.25, 0.3) is 0 Å². The minimum atomic E-state index is -0.199. The number of aromatic nitrogens is 2. The van der Waals surface area contributed by atoms with Crippen LogP contribution in [0, 0.1) is 0 Å². The Morgan fingerprint density at radius 2 is 2.19 bits per heavy atom. The molecule has 0 fully saturated rings. The second kappa shape index (κ2) is 7.38. The minimum absolute atomic E-state index is 0.199. The fraction of sp³-hybridized carbons (Fsp3) is 0.727. The highest BCUT2D eigenvalue weighted by molar-refractivity contribution is 4.91. The maximum Gasteiger partial charge on any atom is 0.169 e. The largest absolute Gasteiger partial charge is 0.355 e. The van der Waals surface area contributed by atoms with Crippen LogP contribution in [0.2, 0.25) is 0 Å². The van der Waals surface area contributed by atoms with Crippen molar-refractivity contribution in [2.75, 3.05) is 20.8 Å². The highest BCUT2D eigenvalue weighted by Gasteiger charge is 2.05. The number of nitrogens with one attached hydrogen (secondary N) is 1. The van der Waals surface area contributed by atoms with E-state index in [0.717, 1.165) is 25.3 Å². The zero-order valence-electron chi connectivity index (χ0n) is 10.3. The Bertz CT molecular complexity index is 285. The zero-order valence-corrected chi connectivity index (χ0v) is 10.3.